The number of nitrogens with one attached hydrogen (secondary N) is 10. The van der Waals surface area contributed by atoms with Crippen molar-refractivity contribution in [3.8, 4) is 0 Å². The Bertz CT molecular complexity index is 1160. The van der Waals surface area contributed by atoms with Crippen LogP contribution in [0.3, 0.4) is 0 Å². The van der Waals surface area contributed by atoms with Crippen LogP contribution in [0.4, 0.5) is 0 Å². The van der Waals surface area contributed by atoms with Gasteiger partial charge in [-0.3, -0.25) is 35.4 Å². The van der Waals surface area contributed by atoms with Crippen molar-refractivity contribution in [3.63, 3.8) is 0 Å². The van der Waals surface area contributed by atoms with Gasteiger partial charge in [0.15, 0.2) is 17.9 Å². The van der Waals surface area contributed by atoms with Crippen molar-refractivity contribution in [2.75, 3.05) is 32.7 Å². The topological polar surface area (TPSA) is 417 Å². The number of carbonyl (C=O) groups excluding carboxylic acids is 4. The minimum Gasteiger partial charge on any atom is -0.480 e. The fourth-order valence-electron chi connectivity index (χ4n) is 4.88. The second kappa shape index (κ2) is 27.7. The highest BCUT2D eigenvalue weighted by atomic mass is 16.4. The lowest BCUT2D eigenvalue weighted by Gasteiger charge is -2.27. The Hall–Kier alpha value is -4.96. The van der Waals surface area contributed by atoms with E-state index >= 15 is 0 Å². The molecule has 0 unspecified atom stereocenters. The van der Waals surface area contributed by atoms with Crippen LogP contribution in [0.1, 0.15) is 77.0 Å². The fraction of sp³-hybridized carbons (Fsp3) is 0.733. The van der Waals surface area contributed by atoms with Crippen LogP contribution in [0.15, 0.2) is 0 Å². The molecular formula is C30H62N16O6. The van der Waals surface area contributed by atoms with Crippen molar-refractivity contribution in [2.24, 2.45) is 34.4 Å². The first-order valence-electron chi connectivity index (χ1n) is 17.5. The van der Waals surface area contributed by atoms with Gasteiger partial charge < -0.3 is 76.7 Å². The average Bonchev–Trinajstić information content (AvgIpc) is 3.07. The third kappa shape index (κ3) is 22.7. The van der Waals surface area contributed by atoms with E-state index < -0.39 is 59.8 Å². The molecular weight excluding hydrogens is 680 g/mol. The number of carboxylic acid groups (broad SMARTS) is 1. The number of carboxylic acids is 1. The SMILES string of the molecule is N=C(N)NCCC[C@H](NC(=O)[C@H](CCCCN)NC(=O)[C@H](CCCNC(=N)N)NC(=O)[C@H](CCCNC(=N)N)NC(=O)[C@@H](N)CCCCN)C(=O)O. The zero-order chi connectivity index (χ0) is 39.5. The van der Waals surface area contributed by atoms with Crippen LogP contribution in [0, 0.1) is 16.2 Å². The predicted octanol–water partition coefficient (Wildman–Crippen LogP) is -4.61. The molecule has 22 heteroatoms. The lowest BCUT2D eigenvalue weighted by Crippen LogP contribution is -2.58. The zero-order valence-electron chi connectivity index (χ0n) is 29.9. The maximum absolute atomic E-state index is 13.7. The molecule has 0 aromatic carbocycles. The van der Waals surface area contributed by atoms with Gasteiger partial charge >= 0.3 is 5.97 Å². The molecule has 0 aliphatic heterocycles. The van der Waals surface area contributed by atoms with Gasteiger partial charge in [-0.2, -0.15) is 0 Å². The van der Waals surface area contributed by atoms with E-state index in [2.05, 4.69) is 37.2 Å². The summed E-state index contributed by atoms with van der Waals surface area (Å²) in [5, 5.41) is 49.9. The van der Waals surface area contributed by atoms with Crippen molar-refractivity contribution in [1.82, 2.24) is 37.2 Å². The van der Waals surface area contributed by atoms with Crippen molar-refractivity contribution in [3.05, 3.63) is 0 Å². The van der Waals surface area contributed by atoms with E-state index in [1.54, 1.807) is 0 Å². The molecule has 298 valence electrons. The lowest BCUT2D eigenvalue weighted by atomic mass is 10.0. The lowest BCUT2D eigenvalue weighted by molar-refractivity contribution is -0.142. The molecule has 0 spiro atoms. The molecule has 0 aliphatic rings. The largest absolute Gasteiger partial charge is 0.480 e. The van der Waals surface area contributed by atoms with Gasteiger partial charge in [0.25, 0.3) is 0 Å². The molecule has 23 N–H and O–H groups in total. The quantitative estimate of drug-likeness (QED) is 0.0195. The van der Waals surface area contributed by atoms with E-state index in [-0.39, 0.29) is 76.0 Å². The van der Waals surface area contributed by atoms with E-state index in [9.17, 15) is 29.1 Å². The molecule has 4 amide bonds. The Balaban J connectivity index is 6.11. The fourth-order valence-corrected chi connectivity index (χ4v) is 4.88. The molecule has 0 aromatic heterocycles. The molecule has 0 heterocycles. The van der Waals surface area contributed by atoms with Crippen molar-refractivity contribution < 1.29 is 29.1 Å². The second-order valence-electron chi connectivity index (χ2n) is 12.2. The number of hydrogen-bond acceptors (Lipinski definition) is 11. The van der Waals surface area contributed by atoms with E-state index in [4.69, 9.17) is 50.6 Å². The summed E-state index contributed by atoms with van der Waals surface area (Å²) >= 11 is 0. The molecule has 0 aromatic rings. The van der Waals surface area contributed by atoms with Crippen LogP contribution in [0.25, 0.3) is 0 Å². The summed E-state index contributed by atoms with van der Waals surface area (Å²) in [6.45, 7) is 1.37. The summed E-state index contributed by atoms with van der Waals surface area (Å²) in [5.74, 6) is -4.93. The molecule has 22 nitrogen and oxygen atoms in total. The minimum absolute atomic E-state index is 0.0123. The summed E-state index contributed by atoms with van der Waals surface area (Å²) in [6.07, 6.45) is 3.61. The summed E-state index contributed by atoms with van der Waals surface area (Å²) in [7, 11) is 0. The van der Waals surface area contributed by atoms with Gasteiger partial charge in [-0.25, -0.2) is 4.79 Å². The first kappa shape index (κ1) is 47.0. The van der Waals surface area contributed by atoms with Crippen LogP contribution < -0.4 is 71.6 Å². The predicted molar refractivity (Wildman–Crippen MR) is 197 cm³/mol. The van der Waals surface area contributed by atoms with E-state index in [0.717, 1.165) is 0 Å². The van der Waals surface area contributed by atoms with Crippen LogP contribution in [-0.2, 0) is 24.0 Å². The number of nitrogens with two attached hydrogens (primary N) is 6. The smallest absolute Gasteiger partial charge is 0.326 e. The zero-order valence-corrected chi connectivity index (χ0v) is 29.9. The Labute approximate surface area is 304 Å². The highest BCUT2D eigenvalue weighted by molar-refractivity contribution is 5.95. The number of aliphatic carboxylic acids is 1. The molecule has 52 heavy (non-hydrogen) atoms. The minimum atomic E-state index is -1.30. The molecule has 0 saturated heterocycles. The third-order valence-corrected chi connectivity index (χ3v) is 7.72. The van der Waals surface area contributed by atoms with Crippen LogP contribution in [0.2, 0.25) is 0 Å². The highest BCUT2D eigenvalue weighted by Gasteiger charge is 2.31. The maximum Gasteiger partial charge on any atom is 0.326 e. The Morgan fingerprint density at radius 2 is 0.788 bits per heavy atom. The monoisotopic (exact) mass is 743 g/mol. The second-order valence-corrected chi connectivity index (χ2v) is 12.2. The van der Waals surface area contributed by atoms with Gasteiger partial charge in [0, 0.05) is 19.6 Å². The summed E-state index contributed by atoms with van der Waals surface area (Å²) in [6, 6.07) is -5.77. The van der Waals surface area contributed by atoms with E-state index in [1.165, 1.54) is 0 Å². The van der Waals surface area contributed by atoms with E-state index in [0.29, 0.717) is 51.6 Å². The summed E-state index contributed by atoms with van der Waals surface area (Å²) in [4.78, 5) is 65.6. The first-order valence-corrected chi connectivity index (χ1v) is 17.5. The summed E-state index contributed by atoms with van der Waals surface area (Å²) < 4.78 is 0. The number of unbranched alkanes of at least 4 members (excludes halogenated alkanes) is 2. The number of rotatable bonds is 29. The van der Waals surface area contributed by atoms with Gasteiger partial charge in [0.1, 0.15) is 24.2 Å². The number of guanidine groups is 3. The standard InChI is InChI=1S/C30H62N16O6/c31-13-3-1-8-18(33)23(47)43-20(10-5-15-40-28(34)35)24(48)45-21(11-6-16-41-29(36)37)25(49)44-19(9-2-4-14-32)26(50)46-22(27(51)52)12-7-17-42-30(38)39/h18-22H,1-17,31-33H2,(H,43,47)(H,44,49)(H,45,48)(H,46,50)(H,51,52)(H4,34,35,40)(H4,36,37,41)(H4,38,39,42)/t18-,19-,20-,21-,22-/m0/s1. The maximum atomic E-state index is 13.7. The van der Waals surface area contributed by atoms with Crippen molar-refractivity contribution in [2.45, 2.75) is 107 Å². The molecule has 5 atom stereocenters. The third-order valence-electron chi connectivity index (χ3n) is 7.72. The number of amides is 4. The van der Waals surface area contributed by atoms with Gasteiger partial charge in [0.2, 0.25) is 23.6 Å². The van der Waals surface area contributed by atoms with Gasteiger partial charge in [-0.15, -0.1) is 0 Å². The van der Waals surface area contributed by atoms with Gasteiger partial charge in [-0.05, 0) is 83.7 Å². The Morgan fingerprint density at radius 3 is 1.13 bits per heavy atom. The Morgan fingerprint density at radius 1 is 0.481 bits per heavy atom. The van der Waals surface area contributed by atoms with E-state index in [1.807, 2.05) is 0 Å². The van der Waals surface area contributed by atoms with Gasteiger partial charge in [0.05, 0.1) is 6.04 Å². The molecule has 0 radical (unpaired) electrons. The summed E-state index contributed by atoms with van der Waals surface area (Å²) in [5.41, 5.74) is 33.2. The highest BCUT2D eigenvalue weighted by Crippen LogP contribution is 2.08. The molecule has 0 fully saturated rings. The molecule has 0 rings (SSSR count). The number of carbonyl (C=O) groups is 5. The molecule has 0 aliphatic carbocycles. The first-order chi connectivity index (χ1) is 24.6. The normalized spacial score (nSPS) is 13.6. The van der Waals surface area contributed by atoms with Crippen LogP contribution in [0.5, 0.6) is 0 Å². The van der Waals surface area contributed by atoms with Crippen molar-refractivity contribution in [1.29, 1.82) is 16.2 Å². The van der Waals surface area contributed by atoms with Crippen molar-refractivity contribution >= 4 is 47.5 Å². The average molecular weight is 743 g/mol. The molecule has 0 bridgehead atoms. The molecule has 0 saturated carbocycles. The van der Waals surface area contributed by atoms with Crippen LogP contribution in [-0.4, -0.2) is 116 Å². The Kier molecular flexibility index (Phi) is 25.1. The van der Waals surface area contributed by atoms with Gasteiger partial charge in [-0.1, -0.05) is 6.42 Å². The number of hydrogen-bond donors (Lipinski definition) is 17. The van der Waals surface area contributed by atoms with Crippen LogP contribution >= 0.6 is 0 Å².